The summed E-state index contributed by atoms with van der Waals surface area (Å²) in [4.78, 5) is 0. The molecule has 0 saturated heterocycles. The van der Waals surface area contributed by atoms with Gasteiger partial charge >= 0.3 is 0 Å². The Labute approximate surface area is 61.7 Å². The van der Waals surface area contributed by atoms with Gasteiger partial charge < -0.3 is 5.41 Å². The van der Waals surface area contributed by atoms with Gasteiger partial charge in [-0.05, 0) is 11.7 Å². The highest BCUT2D eigenvalue weighted by molar-refractivity contribution is 8.01. The first-order valence-electron chi connectivity index (χ1n) is 3.36. The zero-order valence-corrected chi connectivity index (χ0v) is 7.16. The Morgan fingerprint density at radius 2 is 2.11 bits per heavy atom. The molecule has 1 unspecified atom stereocenters. The molecule has 0 rings (SSSR count). The molecule has 0 aromatic heterocycles. The van der Waals surface area contributed by atoms with Crippen molar-refractivity contribution in [2.24, 2.45) is 0 Å². The van der Waals surface area contributed by atoms with Gasteiger partial charge in [-0.3, -0.25) is 0 Å². The normalized spacial score (nSPS) is 13.8. The second-order valence-electron chi connectivity index (χ2n) is 2.30. The topological polar surface area (TPSA) is 23.9 Å². The Bertz CT molecular complexity index is 81.0. The van der Waals surface area contributed by atoms with Gasteiger partial charge in [0.1, 0.15) is 0 Å². The second-order valence-corrected chi connectivity index (χ2v) is 4.12. The lowest BCUT2D eigenvalue weighted by molar-refractivity contribution is 0.999. The minimum Gasteiger partial charge on any atom is -0.312 e. The third-order valence-electron chi connectivity index (χ3n) is 1.04. The maximum Gasteiger partial charge on any atom is 0.0393 e. The summed E-state index contributed by atoms with van der Waals surface area (Å²) >= 11 is 1.86. The Hall–Kier alpha value is 0.0200. The van der Waals surface area contributed by atoms with E-state index < -0.39 is 0 Å². The molecule has 0 aromatic rings. The molecular formula is C7H15NS. The van der Waals surface area contributed by atoms with Crippen LogP contribution in [0.5, 0.6) is 0 Å². The fourth-order valence-electron chi connectivity index (χ4n) is 0.603. The van der Waals surface area contributed by atoms with Crippen LogP contribution in [0.1, 0.15) is 27.2 Å². The van der Waals surface area contributed by atoms with Crippen LogP contribution in [-0.2, 0) is 0 Å². The summed E-state index contributed by atoms with van der Waals surface area (Å²) in [5, 5.41) is 8.09. The molecule has 0 saturated carbocycles. The summed E-state index contributed by atoms with van der Waals surface area (Å²) in [6.45, 7) is 6.44. The average Bonchev–Trinajstić information content (AvgIpc) is 1.82. The van der Waals surface area contributed by atoms with Crippen molar-refractivity contribution in [3.05, 3.63) is 0 Å². The lowest BCUT2D eigenvalue weighted by Gasteiger charge is -2.10. The summed E-state index contributed by atoms with van der Waals surface area (Å²) < 4.78 is 0. The van der Waals surface area contributed by atoms with E-state index in [0.717, 1.165) is 6.42 Å². The largest absolute Gasteiger partial charge is 0.312 e. The fourth-order valence-corrected chi connectivity index (χ4v) is 1.57. The quantitative estimate of drug-likeness (QED) is 0.604. The molecule has 0 spiro atoms. The molecule has 0 heterocycles. The molecule has 54 valence electrons. The second kappa shape index (κ2) is 4.86. The van der Waals surface area contributed by atoms with Gasteiger partial charge in [0.15, 0.2) is 0 Å². The van der Waals surface area contributed by atoms with Crippen LogP contribution < -0.4 is 0 Å². The summed E-state index contributed by atoms with van der Waals surface area (Å²) in [7, 11) is 0. The van der Waals surface area contributed by atoms with Gasteiger partial charge in [-0.1, -0.05) is 20.8 Å². The Kier molecular flexibility index (Phi) is 4.87. The number of rotatable bonds is 4. The summed E-state index contributed by atoms with van der Waals surface area (Å²) in [6.07, 6.45) is 2.61. The van der Waals surface area contributed by atoms with E-state index in [2.05, 4.69) is 20.8 Å². The summed E-state index contributed by atoms with van der Waals surface area (Å²) in [5.41, 5.74) is 0. The van der Waals surface area contributed by atoms with Gasteiger partial charge in [0, 0.05) is 11.5 Å². The van der Waals surface area contributed by atoms with Crippen molar-refractivity contribution in [3.8, 4) is 0 Å². The Morgan fingerprint density at radius 1 is 1.56 bits per heavy atom. The summed E-state index contributed by atoms with van der Waals surface area (Å²) in [5.74, 6) is 0. The molecule has 9 heavy (non-hydrogen) atoms. The van der Waals surface area contributed by atoms with Crippen LogP contribution >= 0.6 is 11.8 Å². The Morgan fingerprint density at radius 3 is 2.22 bits per heavy atom. The van der Waals surface area contributed by atoms with Crippen LogP contribution in [0.15, 0.2) is 0 Å². The fraction of sp³-hybridized carbons (Fsp3) is 0.857. The molecule has 0 aliphatic heterocycles. The SMILES string of the molecule is CCC(C=N)SC(C)C. The van der Waals surface area contributed by atoms with Gasteiger partial charge in [-0.25, -0.2) is 0 Å². The highest BCUT2D eigenvalue weighted by Gasteiger charge is 2.03. The number of thioether (sulfide) groups is 1. The van der Waals surface area contributed by atoms with Crippen molar-refractivity contribution < 1.29 is 0 Å². The van der Waals surface area contributed by atoms with E-state index >= 15 is 0 Å². The van der Waals surface area contributed by atoms with Crippen LogP contribution in [0.4, 0.5) is 0 Å². The van der Waals surface area contributed by atoms with E-state index in [0.29, 0.717) is 10.5 Å². The summed E-state index contributed by atoms with van der Waals surface area (Å²) in [6, 6.07) is 0. The molecule has 0 fully saturated rings. The molecule has 1 atom stereocenters. The number of nitrogens with one attached hydrogen (secondary N) is 1. The molecule has 0 aliphatic carbocycles. The van der Waals surface area contributed by atoms with Crippen molar-refractivity contribution in [1.82, 2.24) is 0 Å². The van der Waals surface area contributed by atoms with Crippen molar-refractivity contribution >= 4 is 18.0 Å². The molecule has 1 N–H and O–H groups in total. The first-order valence-corrected chi connectivity index (χ1v) is 4.31. The van der Waals surface area contributed by atoms with E-state index in [9.17, 15) is 0 Å². The van der Waals surface area contributed by atoms with E-state index in [1.54, 1.807) is 0 Å². The Balaban J connectivity index is 3.42. The van der Waals surface area contributed by atoms with Crippen LogP contribution in [0.2, 0.25) is 0 Å². The predicted octanol–water partition coefficient (Wildman–Crippen LogP) is 2.56. The molecule has 0 aromatic carbocycles. The first-order chi connectivity index (χ1) is 4.20. The van der Waals surface area contributed by atoms with Crippen molar-refractivity contribution in [2.75, 3.05) is 0 Å². The van der Waals surface area contributed by atoms with E-state index in [4.69, 9.17) is 5.41 Å². The molecular weight excluding hydrogens is 130 g/mol. The lowest BCUT2D eigenvalue weighted by atomic mass is 10.4. The molecule has 0 aliphatic rings. The van der Waals surface area contributed by atoms with Crippen LogP contribution in [0.3, 0.4) is 0 Å². The third kappa shape index (κ3) is 4.52. The average molecular weight is 145 g/mol. The van der Waals surface area contributed by atoms with Crippen molar-refractivity contribution in [1.29, 1.82) is 5.41 Å². The number of hydrogen-bond acceptors (Lipinski definition) is 2. The van der Waals surface area contributed by atoms with Gasteiger partial charge in [-0.15, -0.1) is 11.8 Å². The highest BCUT2D eigenvalue weighted by atomic mass is 32.2. The standard InChI is InChI=1S/C7H15NS/c1-4-7(5-8)9-6(2)3/h5-8H,4H2,1-3H3. The predicted molar refractivity (Wildman–Crippen MR) is 45.6 cm³/mol. The van der Waals surface area contributed by atoms with Crippen molar-refractivity contribution in [3.63, 3.8) is 0 Å². The van der Waals surface area contributed by atoms with Gasteiger partial charge in [0.05, 0.1) is 0 Å². The molecule has 0 bridgehead atoms. The first kappa shape index (κ1) is 9.02. The maximum atomic E-state index is 7.01. The van der Waals surface area contributed by atoms with E-state index in [-0.39, 0.29) is 0 Å². The highest BCUT2D eigenvalue weighted by Crippen LogP contribution is 2.17. The molecule has 0 radical (unpaired) electrons. The third-order valence-corrected chi connectivity index (χ3v) is 2.40. The number of hydrogen-bond donors (Lipinski definition) is 1. The maximum absolute atomic E-state index is 7.01. The zero-order valence-electron chi connectivity index (χ0n) is 6.35. The lowest BCUT2D eigenvalue weighted by Crippen LogP contribution is -2.05. The molecule has 1 nitrogen and oxygen atoms in total. The van der Waals surface area contributed by atoms with Crippen LogP contribution in [0, 0.1) is 5.41 Å². The van der Waals surface area contributed by atoms with Crippen LogP contribution in [-0.4, -0.2) is 16.7 Å². The molecule has 0 amide bonds. The van der Waals surface area contributed by atoms with Crippen LogP contribution in [0.25, 0.3) is 0 Å². The van der Waals surface area contributed by atoms with Gasteiger partial charge in [0.2, 0.25) is 0 Å². The van der Waals surface area contributed by atoms with Gasteiger partial charge in [0.25, 0.3) is 0 Å². The van der Waals surface area contributed by atoms with Gasteiger partial charge in [-0.2, -0.15) is 0 Å². The minimum atomic E-state index is 0.435. The smallest absolute Gasteiger partial charge is 0.0393 e. The van der Waals surface area contributed by atoms with Crippen molar-refractivity contribution in [2.45, 2.75) is 37.7 Å². The monoisotopic (exact) mass is 145 g/mol. The van der Waals surface area contributed by atoms with E-state index in [1.165, 1.54) is 6.21 Å². The minimum absolute atomic E-state index is 0.435. The molecule has 2 heteroatoms. The zero-order chi connectivity index (χ0) is 7.28. The van der Waals surface area contributed by atoms with E-state index in [1.807, 2.05) is 11.8 Å².